The van der Waals surface area contributed by atoms with E-state index in [0.29, 0.717) is 30.2 Å². The summed E-state index contributed by atoms with van der Waals surface area (Å²) >= 11 is 0. The lowest BCUT2D eigenvalue weighted by molar-refractivity contribution is -0.620. The number of carbonyl (C=O) groups is 1. The molecule has 1 N–H and O–H groups in total. The largest absolute Gasteiger partial charge is 0.618 e. The highest BCUT2D eigenvalue weighted by molar-refractivity contribution is 6.07. The molecule has 0 atom stereocenters. The Balaban J connectivity index is 2.09. The van der Waals surface area contributed by atoms with Gasteiger partial charge in [-0.15, -0.1) is 0 Å². The zero-order valence-electron chi connectivity index (χ0n) is 18.0. The Bertz CT molecular complexity index is 1050. The fraction of sp³-hybridized carbons (Fsp3) is 0.280. The van der Waals surface area contributed by atoms with Crippen LogP contribution >= 0.6 is 0 Å². The second kappa shape index (κ2) is 9.44. The molecule has 0 saturated carbocycles. The van der Waals surface area contributed by atoms with E-state index in [4.69, 9.17) is 4.74 Å². The third-order valence-electron chi connectivity index (χ3n) is 5.20. The molecule has 0 fully saturated rings. The molecule has 3 rings (SSSR count). The van der Waals surface area contributed by atoms with Crippen molar-refractivity contribution in [1.82, 2.24) is 0 Å². The number of benzene rings is 2. The van der Waals surface area contributed by atoms with E-state index in [1.807, 2.05) is 69.3 Å². The summed E-state index contributed by atoms with van der Waals surface area (Å²) < 4.78 is 6.74. The maximum atomic E-state index is 13.4. The van der Waals surface area contributed by atoms with Gasteiger partial charge in [-0.3, -0.25) is 4.79 Å². The van der Waals surface area contributed by atoms with Crippen LogP contribution in [-0.4, -0.2) is 12.5 Å². The molecule has 5 heteroatoms. The number of aromatic nitrogens is 1. The standard InChI is InChI=1S/C25H28N2O3/c1-5-14-30-23-15-18(3)27(29)22(16-20-11-7-6-8-12-20)24(23)25(28)26-21-13-9-10-17(2)19(21)4/h6-13,15H,5,14,16H2,1-4H3,(H,26,28). The van der Waals surface area contributed by atoms with Crippen LogP contribution in [0.3, 0.4) is 0 Å². The fourth-order valence-corrected chi connectivity index (χ4v) is 3.37. The average molecular weight is 405 g/mol. The van der Waals surface area contributed by atoms with Crippen molar-refractivity contribution >= 4 is 11.6 Å². The highest BCUT2D eigenvalue weighted by atomic mass is 16.5. The minimum atomic E-state index is -0.342. The van der Waals surface area contributed by atoms with Gasteiger partial charge in [0.2, 0.25) is 5.69 Å². The van der Waals surface area contributed by atoms with Crippen molar-refractivity contribution in [3.05, 3.63) is 93.4 Å². The maximum Gasteiger partial charge on any atom is 0.265 e. The van der Waals surface area contributed by atoms with Crippen LogP contribution in [0.4, 0.5) is 5.69 Å². The number of amides is 1. The Labute approximate surface area is 177 Å². The maximum absolute atomic E-state index is 13.4. The molecule has 3 aromatic rings. The quantitative estimate of drug-likeness (QED) is 0.451. The van der Waals surface area contributed by atoms with Crippen LogP contribution in [0.2, 0.25) is 0 Å². The Morgan fingerprint density at radius 2 is 1.80 bits per heavy atom. The normalized spacial score (nSPS) is 10.7. The zero-order valence-corrected chi connectivity index (χ0v) is 18.0. The van der Waals surface area contributed by atoms with Gasteiger partial charge in [-0.25, -0.2) is 0 Å². The molecule has 1 aromatic heterocycles. The van der Waals surface area contributed by atoms with Crippen molar-refractivity contribution in [2.24, 2.45) is 0 Å². The molecule has 1 amide bonds. The van der Waals surface area contributed by atoms with Gasteiger partial charge in [-0.2, -0.15) is 4.73 Å². The lowest BCUT2D eigenvalue weighted by Gasteiger charge is -2.18. The Hall–Kier alpha value is -3.34. The molecule has 156 valence electrons. The second-order valence-corrected chi connectivity index (χ2v) is 7.48. The van der Waals surface area contributed by atoms with E-state index in [-0.39, 0.29) is 11.5 Å². The minimum Gasteiger partial charge on any atom is -0.618 e. The van der Waals surface area contributed by atoms with Gasteiger partial charge in [-0.05, 0) is 43.0 Å². The molecule has 1 heterocycles. The number of anilines is 1. The molecule has 0 aliphatic rings. The number of rotatable bonds is 7. The van der Waals surface area contributed by atoms with Gasteiger partial charge in [0.05, 0.1) is 13.0 Å². The van der Waals surface area contributed by atoms with Gasteiger partial charge >= 0.3 is 0 Å². The topological polar surface area (TPSA) is 65.3 Å². The lowest BCUT2D eigenvalue weighted by Crippen LogP contribution is -2.39. The molecule has 0 bridgehead atoms. The van der Waals surface area contributed by atoms with Gasteiger partial charge in [0.1, 0.15) is 5.75 Å². The van der Waals surface area contributed by atoms with E-state index < -0.39 is 0 Å². The smallest absolute Gasteiger partial charge is 0.265 e. The first-order chi connectivity index (χ1) is 14.4. The van der Waals surface area contributed by atoms with Crippen molar-refractivity contribution in [2.45, 2.75) is 40.5 Å². The molecule has 30 heavy (non-hydrogen) atoms. The summed E-state index contributed by atoms with van der Waals surface area (Å²) in [5.74, 6) is 0.0977. The molecule has 0 aliphatic heterocycles. The number of ether oxygens (including phenoxy) is 1. The first-order valence-corrected chi connectivity index (χ1v) is 10.2. The number of carbonyl (C=O) groups excluding carboxylic acids is 1. The van der Waals surface area contributed by atoms with Crippen LogP contribution in [0, 0.1) is 26.0 Å². The van der Waals surface area contributed by atoms with Crippen molar-refractivity contribution in [2.75, 3.05) is 11.9 Å². The number of pyridine rings is 1. The van der Waals surface area contributed by atoms with E-state index in [9.17, 15) is 10.0 Å². The summed E-state index contributed by atoms with van der Waals surface area (Å²) in [7, 11) is 0. The highest BCUT2D eigenvalue weighted by Crippen LogP contribution is 2.26. The number of aryl methyl sites for hydroxylation is 2. The molecule has 0 spiro atoms. The summed E-state index contributed by atoms with van der Waals surface area (Å²) in [5.41, 5.74) is 4.93. The third-order valence-corrected chi connectivity index (χ3v) is 5.20. The van der Waals surface area contributed by atoms with E-state index >= 15 is 0 Å². The van der Waals surface area contributed by atoms with Gasteiger partial charge in [0.15, 0.2) is 11.3 Å². The molecule has 0 aliphatic carbocycles. The van der Waals surface area contributed by atoms with Crippen molar-refractivity contribution in [3.63, 3.8) is 0 Å². The van der Waals surface area contributed by atoms with Gasteiger partial charge in [-0.1, -0.05) is 49.4 Å². The van der Waals surface area contributed by atoms with Crippen molar-refractivity contribution in [1.29, 1.82) is 0 Å². The van der Waals surface area contributed by atoms with Crippen LogP contribution in [-0.2, 0) is 6.42 Å². The molecule has 0 unspecified atom stereocenters. The SMILES string of the molecule is CCCOc1cc(C)[n+]([O-])c(Cc2ccccc2)c1C(=O)Nc1cccc(C)c1C. The monoisotopic (exact) mass is 404 g/mol. The number of hydrogen-bond acceptors (Lipinski definition) is 3. The Morgan fingerprint density at radius 3 is 2.50 bits per heavy atom. The van der Waals surface area contributed by atoms with Crippen molar-refractivity contribution in [3.8, 4) is 5.75 Å². The van der Waals surface area contributed by atoms with Gasteiger partial charge < -0.3 is 15.3 Å². The van der Waals surface area contributed by atoms with Gasteiger partial charge in [0, 0.05) is 18.7 Å². The first kappa shape index (κ1) is 21.4. The summed E-state index contributed by atoms with van der Waals surface area (Å²) in [6, 6.07) is 17.1. The molecule has 0 radical (unpaired) electrons. The summed E-state index contributed by atoms with van der Waals surface area (Å²) in [5, 5.41) is 16.0. The Morgan fingerprint density at radius 1 is 1.07 bits per heavy atom. The molecule has 2 aromatic carbocycles. The van der Waals surface area contributed by atoms with Crippen molar-refractivity contribution < 1.29 is 14.3 Å². The van der Waals surface area contributed by atoms with Crippen LogP contribution in [0.15, 0.2) is 54.6 Å². The van der Waals surface area contributed by atoms with E-state index in [0.717, 1.165) is 33.5 Å². The van der Waals surface area contributed by atoms with Gasteiger partial charge in [0.25, 0.3) is 5.91 Å². The van der Waals surface area contributed by atoms with E-state index in [2.05, 4.69) is 5.32 Å². The zero-order chi connectivity index (χ0) is 21.7. The minimum absolute atomic E-state index is 0.286. The average Bonchev–Trinajstić information content (AvgIpc) is 2.74. The highest BCUT2D eigenvalue weighted by Gasteiger charge is 2.27. The van der Waals surface area contributed by atoms with Crippen LogP contribution in [0.5, 0.6) is 5.75 Å². The van der Waals surface area contributed by atoms with Crippen LogP contribution in [0.1, 0.15) is 51.8 Å². The van der Waals surface area contributed by atoms with E-state index in [1.54, 1.807) is 13.0 Å². The molecular formula is C25H28N2O3. The fourth-order valence-electron chi connectivity index (χ4n) is 3.37. The summed E-state index contributed by atoms with van der Waals surface area (Å²) in [6.07, 6.45) is 1.14. The van der Waals surface area contributed by atoms with E-state index in [1.165, 1.54) is 0 Å². The number of nitrogens with zero attached hydrogens (tertiary/aromatic N) is 1. The molecule has 5 nitrogen and oxygen atoms in total. The molecule has 0 saturated heterocycles. The summed E-state index contributed by atoms with van der Waals surface area (Å²) in [6.45, 7) is 8.17. The number of nitrogens with one attached hydrogen (secondary N) is 1. The molecular weight excluding hydrogens is 376 g/mol. The van der Waals surface area contributed by atoms with Crippen LogP contribution in [0.25, 0.3) is 0 Å². The predicted molar refractivity (Wildman–Crippen MR) is 119 cm³/mol. The lowest BCUT2D eigenvalue weighted by atomic mass is 10.0. The first-order valence-electron chi connectivity index (χ1n) is 10.2. The Kier molecular flexibility index (Phi) is 6.72. The van der Waals surface area contributed by atoms with Crippen LogP contribution < -0.4 is 14.8 Å². The summed E-state index contributed by atoms with van der Waals surface area (Å²) in [4.78, 5) is 13.4. The second-order valence-electron chi connectivity index (χ2n) is 7.48. The third kappa shape index (κ3) is 4.62. The predicted octanol–water partition coefficient (Wildman–Crippen LogP) is 4.88. The number of hydrogen-bond donors (Lipinski definition) is 1.